The largest absolute Gasteiger partial charge is 0.492 e. The van der Waals surface area contributed by atoms with Crippen LogP contribution in [0.5, 0.6) is 5.75 Å². The number of nitrogens with one attached hydrogen (secondary N) is 1. The average molecular weight is 457 g/mol. The zero-order chi connectivity index (χ0) is 21.8. The Morgan fingerprint density at radius 1 is 1.13 bits per heavy atom. The standard InChI is InChI=1S/C20H25FN2O5S2/c1-2-28-19-10-9-18(23-13-3-4-14-29(23,24)25)15-20(19)30(26,27)22-12-11-16-5-7-17(21)8-6-16/h5-10,15,22H,2-4,11-14H2,1H3. The summed E-state index contributed by atoms with van der Waals surface area (Å²) < 4.78 is 73.0. The topological polar surface area (TPSA) is 92.8 Å². The number of rotatable bonds is 8. The lowest BCUT2D eigenvalue weighted by atomic mass is 10.1. The van der Waals surface area contributed by atoms with Crippen molar-refractivity contribution < 1.29 is 26.0 Å². The van der Waals surface area contributed by atoms with E-state index in [1.807, 2.05) is 0 Å². The van der Waals surface area contributed by atoms with Gasteiger partial charge in [0.15, 0.2) is 0 Å². The highest BCUT2D eigenvalue weighted by atomic mass is 32.2. The Labute approximate surface area is 177 Å². The number of nitrogens with zero attached hydrogens (tertiary/aromatic N) is 1. The molecule has 7 nitrogen and oxygen atoms in total. The number of benzene rings is 2. The molecule has 0 aromatic heterocycles. The number of ether oxygens (including phenoxy) is 1. The molecule has 1 fully saturated rings. The number of hydrogen-bond donors (Lipinski definition) is 1. The molecule has 0 spiro atoms. The summed E-state index contributed by atoms with van der Waals surface area (Å²) in [6.07, 6.45) is 1.68. The van der Waals surface area contributed by atoms with E-state index in [-0.39, 0.29) is 35.4 Å². The van der Waals surface area contributed by atoms with Gasteiger partial charge in [-0.25, -0.2) is 25.9 Å². The molecule has 0 amide bonds. The summed E-state index contributed by atoms with van der Waals surface area (Å²) in [5.41, 5.74) is 1.09. The van der Waals surface area contributed by atoms with Crippen LogP contribution in [0.2, 0.25) is 0 Å². The fourth-order valence-electron chi connectivity index (χ4n) is 3.27. The van der Waals surface area contributed by atoms with Gasteiger partial charge in [0, 0.05) is 13.1 Å². The number of hydrogen-bond acceptors (Lipinski definition) is 5. The molecular weight excluding hydrogens is 431 g/mol. The van der Waals surface area contributed by atoms with Crippen LogP contribution in [0.25, 0.3) is 0 Å². The molecule has 164 valence electrons. The zero-order valence-corrected chi connectivity index (χ0v) is 18.3. The predicted octanol–water partition coefficient (Wildman–Crippen LogP) is 2.68. The highest BCUT2D eigenvalue weighted by Gasteiger charge is 2.28. The Kier molecular flexibility index (Phi) is 6.99. The van der Waals surface area contributed by atoms with Crippen LogP contribution < -0.4 is 13.8 Å². The lowest BCUT2D eigenvalue weighted by Gasteiger charge is -2.28. The van der Waals surface area contributed by atoms with Crippen LogP contribution >= 0.6 is 0 Å². The third-order valence-electron chi connectivity index (χ3n) is 4.77. The molecular formula is C20H25FN2O5S2. The monoisotopic (exact) mass is 456 g/mol. The van der Waals surface area contributed by atoms with Gasteiger partial charge in [0.1, 0.15) is 16.5 Å². The van der Waals surface area contributed by atoms with Gasteiger partial charge >= 0.3 is 0 Å². The van der Waals surface area contributed by atoms with Crippen LogP contribution in [0.1, 0.15) is 25.3 Å². The first-order valence-electron chi connectivity index (χ1n) is 9.74. The molecule has 0 unspecified atom stereocenters. The summed E-state index contributed by atoms with van der Waals surface area (Å²) >= 11 is 0. The molecule has 2 aromatic rings. The van der Waals surface area contributed by atoms with Crippen LogP contribution in [0.15, 0.2) is 47.4 Å². The van der Waals surface area contributed by atoms with Crippen molar-refractivity contribution in [3.63, 3.8) is 0 Å². The third-order valence-corrected chi connectivity index (χ3v) is 8.12. The van der Waals surface area contributed by atoms with Gasteiger partial charge in [-0.3, -0.25) is 4.31 Å². The summed E-state index contributed by atoms with van der Waals surface area (Å²) in [5, 5.41) is 0. The second kappa shape index (κ2) is 9.32. The molecule has 1 aliphatic rings. The van der Waals surface area contributed by atoms with Crippen LogP contribution in [-0.2, 0) is 26.5 Å². The van der Waals surface area contributed by atoms with Crippen molar-refractivity contribution in [3.8, 4) is 5.75 Å². The minimum absolute atomic E-state index is 0.0399. The van der Waals surface area contributed by atoms with Gasteiger partial charge in [-0.05, 0) is 62.1 Å². The highest BCUT2D eigenvalue weighted by molar-refractivity contribution is 7.92. The molecule has 1 heterocycles. The minimum atomic E-state index is -3.96. The third kappa shape index (κ3) is 5.30. The van der Waals surface area contributed by atoms with Gasteiger partial charge in [-0.2, -0.15) is 0 Å². The first-order chi connectivity index (χ1) is 14.2. The fourth-order valence-corrected chi connectivity index (χ4v) is 6.10. The number of halogens is 1. The van der Waals surface area contributed by atoms with Crippen molar-refractivity contribution in [2.24, 2.45) is 0 Å². The molecule has 1 N–H and O–H groups in total. The van der Waals surface area contributed by atoms with Crippen molar-refractivity contribution in [2.75, 3.05) is 29.8 Å². The molecule has 30 heavy (non-hydrogen) atoms. The lowest BCUT2D eigenvalue weighted by Crippen LogP contribution is -2.38. The SMILES string of the molecule is CCOc1ccc(N2CCCCS2(=O)=O)cc1S(=O)(=O)NCCc1ccc(F)cc1. The van der Waals surface area contributed by atoms with E-state index in [1.165, 1.54) is 28.6 Å². The van der Waals surface area contributed by atoms with E-state index in [0.717, 1.165) is 5.56 Å². The Morgan fingerprint density at radius 2 is 1.87 bits per heavy atom. The van der Waals surface area contributed by atoms with E-state index in [9.17, 15) is 21.2 Å². The Morgan fingerprint density at radius 3 is 2.53 bits per heavy atom. The van der Waals surface area contributed by atoms with E-state index in [2.05, 4.69) is 4.72 Å². The summed E-state index contributed by atoms with van der Waals surface area (Å²) in [6, 6.07) is 10.2. The minimum Gasteiger partial charge on any atom is -0.492 e. The van der Waals surface area contributed by atoms with E-state index >= 15 is 0 Å². The first-order valence-corrected chi connectivity index (χ1v) is 12.8. The smallest absolute Gasteiger partial charge is 0.244 e. The average Bonchev–Trinajstić information content (AvgIpc) is 2.70. The maximum absolute atomic E-state index is 13.0. The fraction of sp³-hybridized carbons (Fsp3) is 0.400. The predicted molar refractivity (Wildman–Crippen MR) is 113 cm³/mol. The van der Waals surface area contributed by atoms with Crippen LogP contribution in [0.3, 0.4) is 0 Å². The summed E-state index contributed by atoms with van der Waals surface area (Å²) in [5.74, 6) is -0.159. The molecule has 2 aromatic carbocycles. The van der Waals surface area contributed by atoms with Gasteiger partial charge in [-0.1, -0.05) is 12.1 Å². The lowest BCUT2D eigenvalue weighted by molar-refractivity contribution is 0.331. The Bertz CT molecular complexity index is 1090. The molecule has 0 aliphatic carbocycles. The zero-order valence-electron chi connectivity index (χ0n) is 16.7. The molecule has 0 saturated carbocycles. The second-order valence-corrected chi connectivity index (χ2v) is 10.7. The molecule has 3 rings (SSSR count). The van der Waals surface area contributed by atoms with Crippen molar-refractivity contribution >= 4 is 25.7 Å². The Balaban J connectivity index is 1.84. The normalized spacial score (nSPS) is 16.4. The maximum Gasteiger partial charge on any atom is 0.244 e. The summed E-state index contributed by atoms with van der Waals surface area (Å²) in [4.78, 5) is -0.110. The van der Waals surface area contributed by atoms with Gasteiger partial charge in [-0.15, -0.1) is 0 Å². The maximum atomic E-state index is 13.0. The van der Waals surface area contributed by atoms with Gasteiger partial charge < -0.3 is 4.74 Å². The van der Waals surface area contributed by atoms with Crippen LogP contribution in [0.4, 0.5) is 10.1 Å². The van der Waals surface area contributed by atoms with Gasteiger partial charge in [0.05, 0.1) is 18.0 Å². The first kappa shape index (κ1) is 22.5. The molecule has 10 heteroatoms. The number of anilines is 1. The van der Waals surface area contributed by atoms with Crippen molar-refractivity contribution in [1.82, 2.24) is 4.72 Å². The molecule has 1 aliphatic heterocycles. The Hall–Kier alpha value is -2.17. The second-order valence-electron chi connectivity index (χ2n) is 6.93. The number of sulfonamides is 2. The highest BCUT2D eigenvalue weighted by Crippen LogP contribution is 2.32. The molecule has 0 atom stereocenters. The summed E-state index contributed by atoms with van der Waals surface area (Å²) in [7, 11) is -7.43. The molecule has 0 radical (unpaired) electrons. The van der Waals surface area contributed by atoms with Crippen molar-refractivity contribution in [2.45, 2.75) is 31.1 Å². The van der Waals surface area contributed by atoms with Crippen LogP contribution in [-0.4, -0.2) is 42.3 Å². The van der Waals surface area contributed by atoms with E-state index in [4.69, 9.17) is 4.74 Å². The van der Waals surface area contributed by atoms with Crippen LogP contribution in [0, 0.1) is 5.82 Å². The van der Waals surface area contributed by atoms with E-state index in [0.29, 0.717) is 31.5 Å². The van der Waals surface area contributed by atoms with Gasteiger partial charge in [0.2, 0.25) is 20.0 Å². The molecule has 1 saturated heterocycles. The quantitative estimate of drug-likeness (QED) is 0.659. The van der Waals surface area contributed by atoms with Gasteiger partial charge in [0.25, 0.3) is 0 Å². The van der Waals surface area contributed by atoms with Crippen molar-refractivity contribution in [1.29, 1.82) is 0 Å². The van der Waals surface area contributed by atoms with Crippen molar-refractivity contribution in [3.05, 3.63) is 53.8 Å². The molecule has 0 bridgehead atoms. The van der Waals surface area contributed by atoms with E-state index in [1.54, 1.807) is 25.1 Å². The summed E-state index contributed by atoms with van der Waals surface area (Å²) in [6.45, 7) is 2.42. The van der Waals surface area contributed by atoms with E-state index < -0.39 is 20.0 Å².